The average Bonchev–Trinajstić information content (AvgIpc) is 3.59. The summed E-state index contributed by atoms with van der Waals surface area (Å²) < 4.78 is 5.44. The number of hydrogen-bond donors (Lipinski definition) is 0. The summed E-state index contributed by atoms with van der Waals surface area (Å²) in [4.78, 5) is 0. The summed E-state index contributed by atoms with van der Waals surface area (Å²) in [5, 5.41) is 8.16. The average molecular weight is 533 g/mol. The van der Waals surface area contributed by atoms with Gasteiger partial charge in [0.15, 0.2) is 0 Å². The van der Waals surface area contributed by atoms with Gasteiger partial charge < -0.3 is 0 Å². The van der Waals surface area contributed by atoms with E-state index in [9.17, 15) is 0 Å². The first-order chi connectivity index (χ1) is 19.1. The molecule has 0 N–H and O–H groups in total. The molecule has 0 spiro atoms. The van der Waals surface area contributed by atoms with Crippen molar-refractivity contribution in [2.24, 2.45) is 0 Å². The molecule has 0 nitrogen and oxygen atoms in total. The summed E-state index contributed by atoms with van der Waals surface area (Å²) in [5.41, 5.74) is 8.21. The van der Waals surface area contributed by atoms with Crippen LogP contribution in [0, 0.1) is 0 Å². The number of fused-ring (bicyclic) bond motifs is 11. The minimum atomic E-state index is 0.0136. The highest BCUT2D eigenvalue weighted by Crippen LogP contribution is 2.50. The highest BCUT2D eigenvalue weighted by atomic mass is 32.1. The highest BCUT2D eigenvalue weighted by Gasteiger charge is 2.35. The van der Waals surface area contributed by atoms with Gasteiger partial charge in [0.05, 0.1) is 0 Å². The first kappa shape index (κ1) is 21.9. The SMILES string of the molecule is CC1(C)c2ccccc2-c2ccc(-c3ccc4c(c3)sc3ccc5cc6sc7ccccc7c6cc5c34)cc21. The second-order valence-electron chi connectivity index (χ2n) is 11.4. The van der Waals surface area contributed by atoms with Gasteiger partial charge in [-0.1, -0.05) is 86.6 Å². The van der Waals surface area contributed by atoms with Crippen molar-refractivity contribution in [2.75, 3.05) is 0 Å². The lowest BCUT2D eigenvalue weighted by Gasteiger charge is -2.22. The van der Waals surface area contributed by atoms with Crippen LogP contribution in [0.4, 0.5) is 0 Å². The Bertz CT molecular complexity index is 2310. The topological polar surface area (TPSA) is 0 Å². The van der Waals surface area contributed by atoms with Gasteiger partial charge in [0.2, 0.25) is 0 Å². The standard InChI is InChI=1S/C37H24S2/c1-37(2)30-9-5-3-7-24(30)25-14-11-21(17-31(25)37)22-12-15-27-34(18-22)39-33-16-13-23-19-35-29(20-28(23)36(27)33)26-8-4-6-10-32(26)38-35/h3-20H,1-2H3. The lowest BCUT2D eigenvalue weighted by Crippen LogP contribution is -2.14. The smallest absolute Gasteiger partial charge is 0.0361 e. The molecule has 1 aliphatic rings. The van der Waals surface area contributed by atoms with Gasteiger partial charge in [0.25, 0.3) is 0 Å². The fraction of sp³-hybridized carbons (Fsp3) is 0.0811. The molecule has 0 saturated carbocycles. The van der Waals surface area contributed by atoms with E-state index in [-0.39, 0.29) is 5.41 Å². The molecule has 0 radical (unpaired) electrons. The number of rotatable bonds is 1. The Balaban J connectivity index is 1.24. The van der Waals surface area contributed by atoms with E-state index in [0.717, 1.165) is 0 Å². The molecule has 0 aliphatic heterocycles. The van der Waals surface area contributed by atoms with E-state index >= 15 is 0 Å². The van der Waals surface area contributed by atoms with E-state index in [4.69, 9.17) is 0 Å². The molecule has 0 fully saturated rings. The van der Waals surface area contributed by atoms with Crippen molar-refractivity contribution in [2.45, 2.75) is 19.3 Å². The Morgan fingerprint density at radius 3 is 2.15 bits per heavy atom. The quantitative estimate of drug-likeness (QED) is 0.197. The van der Waals surface area contributed by atoms with Gasteiger partial charge in [-0.2, -0.15) is 0 Å². The van der Waals surface area contributed by atoms with E-state index in [1.54, 1.807) is 0 Å². The second-order valence-corrected chi connectivity index (χ2v) is 13.5. The van der Waals surface area contributed by atoms with Crippen LogP contribution in [0.5, 0.6) is 0 Å². The van der Waals surface area contributed by atoms with Crippen LogP contribution in [-0.4, -0.2) is 0 Å². The maximum absolute atomic E-state index is 2.44. The van der Waals surface area contributed by atoms with Crippen LogP contribution in [0.3, 0.4) is 0 Å². The van der Waals surface area contributed by atoms with Crippen LogP contribution >= 0.6 is 22.7 Å². The van der Waals surface area contributed by atoms with Crippen LogP contribution in [0.2, 0.25) is 0 Å². The lowest BCUT2D eigenvalue weighted by molar-refractivity contribution is 0.660. The van der Waals surface area contributed by atoms with Gasteiger partial charge >= 0.3 is 0 Å². The van der Waals surface area contributed by atoms with E-state index in [0.29, 0.717) is 0 Å². The van der Waals surface area contributed by atoms with Crippen LogP contribution in [0.15, 0.2) is 109 Å². The van der Waals surface area contributed by atoms with E-state index in [1.165, 1.54) is 84.5 Å². The number of hydrogen-bond acceptors (Lipinski definition) is 2. The first-order valence-electron chi connectivity index (χ1n) is 13.5. The maximum atomic E-state index is 2.44. The third-order valence-electron chi connectivity index (χ3n) is 8.87. The summed E-state index contributed by atoms with van der Waals surface area (Å²) in [6.45, 7) is 4.71. The zero-order valence-electron chi connectivity index (χ0n) is 21.7. The van der Waals surface area contributed by atoms with Crippen molar-refractivity contribution in [3.05, 3.63) is 120 Å². The predicted molar refractivity (Wildman–Crippen MR) is 173 cm³/mol. The van der Waals surface area contributed by atoms with E-state index < -0.39 is 0 Å². The van der Waals surface area contributed by atoms with Crippen LogP contribution in [0.1, 0.15) is 25.0 Å². The minimum absolute atomic E-state index is 0.0136. The molecule has 0 atom stereocenters. The molecule has 0 saturated heterocycles. The summed E-state index contributed by atoms with van der Waals surface area (Å²) in [6.07, 6.45) is 0. The molecule has 9 rings (SSSR count). The molecule has 6 aromatic carbocycles. The van der Waals surface area contributed by atoms with E-state index in [1.807, 2.05) is 22.7 Å². The van der Waals surface area contributed by atoms with Crippen molar-refractivity contribution in [1.29, 1.82) is 0 Å². The molecule has 2 heteroatoms. The highest BCUT2D eigenvalue weighted by molar-refractivity contribution is 7.26. The van der Waals surface area contributed by atoms with Crippen LogP contribution in [-0.2, 0) is 5.41 Å². The molecule has 0 bridgehead atoms. The van der Waals surface area contributed by atoms with Crippen molar-refractivity contribution in [3.8, 4) is 22.3 Å². The molecule has 2 heterocycles. The van der Waals surface area contributed by atoms with Crippen LogP contribution < -0.4 is 0 Å². The fourth-order valence-corrected chi connectivity index (χ4v) is 9.18. The molecular weight excluding hydrogens is 509 g/mol. The van der Waals surface area contributed by atoms with Gasteiger partial charge in [-0.15, -0.1) is 22.7 Å². The molecule has 2 aromatic heterocycles. The maximum Gasteiger partial charge on any atom is 0.0361 e. The first-order valence-corrected chi connectivity index (χ1v) is 15.1. The Kier molecular flexibility index (Phi) is 4.25. The Labute approximate surface area is 234 Å². The molecule has 1 aliphatic carbocycles. The number of thiophene rings is 2. The zero-order chi connectivity index (χ0) is 25.9. The molecule has 39 heavy (non-hydrogen) atoms. The minimum Gasteiger partial charge on any atom is -0.135 e. The van der Waals surface area contributed by atoms with Gasteiger partial charge in [-0.05, 0) is 80.6 Å². The lowest BCUT2D eigenvalue weighted by atomic mass is 9.81. The summed E-state index contributed by atoms with van der Waals surface area (Å²) >= 11 is 3.81. The van der Waals surface area contributed by atoms with Crippen molar-refractivity contribution < 1.29 is 0 Å². The second kappa shape index (κ2) is 7.57. The summed E-state index contributed by atoms with van der Waals surface area (Å²) in [6, 6.07) is 41.2. The summed E-state index contributed by atoms with van der Waals surface area (Å²) in [7, 11) is 0. The van der Waals surface area contributed by atoms with Gasteiger partial charge in [-0.25, -0.2) is 0 Å². The van der Waals surface area contributed by atoms with Crippen LogP contribution in [0.25, 0.3) is 73.4 Å². The van der Waals surface area contributed by atoms with Gasteiger partial charge in [0, 0.05) is 45.8 Å². The van der Waals surface area contributed by atoms with Gasteiger partial charge in [0.1, 0.15) is 0 Å². The third-order valence-corrected chi connectivity index (χ3v) is 11.1. The fourth-order valence-electron chi connectivity index (χ4n) is 6.88. The molecule has 184 valence electrons. The normalized spacial score (nSPS) is 14.1. The zero-order valence-corrected chi connectivity index (χ0v) is 23.3. The molecule has 0 unspecified atom stereocenters. The van der Waals surface area contributed by atoms with E-state index in [2.05, 4.69) is 123 Å². The third kappa shape index (κ3) is 2.93. The summed E-state index contributed by atoms with van der Waals surface area (Å²) in [5.74, 6) is 0. The molecule has 8 aromatic rings. The van der Waals surface area contributed by atoms with Crippen molar-refractivity contribution in [1.82, 2.24) is 0 Å². The Morgan fingerprint density at radius 1 is 0.462 bits per heavy atom. The number of benzene rings is 6. The Hall–Kier alpha value is -3.98. The van der Waals surface area contributed by atoms with Crippen molar-refractivity contribution >= 4 is 73.8 Å². The van der Waals surface area contributed by atoms with Gasteiger partial charge in [-0.3, -0.25) is 0 Å². The Morgan fingerprint density at radius 2 is 1.21 bits per heavy atom. The largest absolute Gasteiger partial charge is 0.135 e. The monoisotopic (exact) mass is 532 g/mol. The molecule has 0 amide bonds. The van der Waals surface area contributed by atoms with Crippen molar-refractivity contribution in [3.63, 3.8) is 0 Å². The predicted octanol–water partition coefficient (Wildman–Crippen LogP) is 11.5. The molecular formula is C37H24S2.